The maximum Gasteiger partial charge on any atom is 0.117 e. The molecule has 0 aromatic heterocycles. The fourth-order valence-corrected chi connectivity index (χ4v) is 1.89. The molecule has 0 saturated heterocycles. The number of nitrogens with zero attached hydrogens (tertiary/aromatic N) is 2. The maximum absolute atomic E-state index is 9.52. The van der Waals surface area contributed by atoms with Crippen molar-refractivity contribution in [1.82, 2.24) is 0 Å². The molecule has 2 rings (SSSR count). The van der Waals surface area contributed by atoms with E-state index in [2.05, 4.69) is 11.0 Å². The molecule has 2 aromatic rings. The molecule has 0 bridgehead atoms. The van der Waals surface area contributed by atoms with Crippen molar-refractivity contribution >= 4 is 11.4 Å². The summed E-state index contributed by atoms with van der Waals surface area (Å²) in [6.07, 6.45) is 0. The van der Waals surface area contributed by atoms with E-state index in [-0.39, 0.29) is 5.75 Å². The van der Waals surface area contributed by atoms with Gasteiger partial charge in [-0.3, -0.25) is 0 Å². The van der Waals surface area contributed by atoms with E-state index in [0.29, 0.717) is 5.56 Å². The average molecular weight is 238 g/mol. The minimum Gasteiger partial charge on any atom is -0.508 e. The summed E-state index contributed by atoms with van der Waals surface area (Å²) in [5.74, 6) is 0.250. The van der Waals surface area contributed by atoms with Gasteiger partial charge >= 0.3 is 0 Å². The zero-order valence-electron chi connectivity index (χ0n) is 10.2. The largest absolute Gasteiger partial charge is 0.508 e. The van der Waals surface area contributed by atoms with Crippen molar-refractivity contribution in [2.24, 2.45) is 0 Å². The average Bonchev–Trinajstić information content (AvgIpc) is 2.40. The van der Waals surface area contributed by atoms with E-state index >= 15 is 0 Å². The summed E-state index contributed by atoms with van der Waals surface area (Å²) in [6, 6.07) is 16.6. The van der Waals surface area contributed by atoms with E-state index in [1.165, 1.54) is 0 Å². The van der Waals surface area contributed by atoms with Gasteiger partial charge in [-0.15, -0.1) is 0 Å². The van der Waals surface area contributed by atoms with Crippen molar-refractivity contribution in [3.63, 3.8) is 0 Å². The highest BCUT2D eigenvalue weighted by molar-refractivity contribution is 5.65. The summed E-state index contributed by atoms with van der Waals surface area (Å²) in [4.78, 5) is 2.07. The van der Waals surface area contributed by atoms with Gasteiger partial charge in [0.15, 0.2) is 0 Å². The van der Waals surface area contributed by atoms with Gasteiger partial charge in [-0.05, 0) is 43.3 Å². The molecule has 0 radical (unpaired) electrons. The van der Waals surface area contributed by atoms with Crippen LogP contribution in [0.25, 0.3) is 0 Å². The van der Waals surface area contributed by atoms with Crippen LogP contribution in [0.15, 0.2) is 48.5 Å². The Kier molecular flexibility index (Phi) is 3.49. The molecule has 90 valence electrons. The van der Waals surface area contributed by atoms with Gasteiger partial charge < -0.3 is 10.0 Å². The molecule has 0 saturated carbocycles. The number of phenols is 1. The number of anilines is 2. The Morgan fingerprint density at radius 3 is 2.39 bits per heavy atom. The quantitative estimate of drug-likeness (QED) is 0.891. The molecule has 0 unspecified atom stereocenters. The molecule has 0 amide bonds. The summed E-state index contributed by atoms with van der Waals surface area (Å²) < 4.78 is 0. The normalized spacial score (nSPS) is 9.78. The lowest BCUT2D eigenvalue weighted by atomic mass is 10.2. The Morgan fingerprint density at radius 2 is 1.83 bits per heavy atom. The Bertz CT molecular complexity index is 570. The third kappa shape index (κ3) is 2.44. The number of phenolic OH excluding ortho intramolecular Hbond substituents is 1. The van der Waals surface area contributed by atoms with E-state index in [9.17, 15) is 5.11 Å². The first-order valence-corrected chi connectivity index (χ1v) is 5.81. The summed E-state index contributed by atoms with van der Waals surface area (Å²) >= 11 is 0. The lowest BCUT2D eigenvalue weighted by Gasteiger charge is -2.23. The topological polar surface area (TPSA) is 47.3 Å². The highest BCUT2D eigenvalue weighted by Gasteiger charge is 2.07. The minimum absolute atomic E-state index is 0.250. The lowest BCUT2D eigenvalue weighted by Crippen LogP contribution is -2.15. The molecule has 0 aliphatic rings. The Labute approximate surface area is 107 Å². The monoisotopic (exact) mass is 238 g/mol. The summed E-state index contributed by atoms with van der Waals surface area (Å²) in [5, 5.41) is 18.3. The van der Waals surface area contributed by atoms with Gasteiger partial charge in [0, 0.05) is 24.0 Å². The molecular weight excluding hydrogens is 224 g/mol. The first-order valence-electron chi connectivity index (χ1n) is 5.81. The summed E-state index contributed by atoms with van der Waals surface area (Å²) in [5.41, 5.74) is 2.58. The third-order valence-corrected chi connectivity index (χ3v) is 2.77. The molecule has 0 atom stereocenters. The van der Waals surface area contributed by atoms with Crippen molar-refractivity contribution in [3.05, 3.63) is 54.1 Å². The van der Waals surface area contributed by atoms with E-state index in [0.717, 1.165) is 17.9 Å². The maximum atomic E-state index is 9.52. The fraction of sp³-hybridized carbons (Fsp3) is 0.133. The number of hydrogen-bond donors (Lipinski definition) is 1. The highest BCUT2D eigenvalue weighted by Crippen LogP contribution is 2.27. The predicted octanol–water partition coefficient (Wildman–Crippen LogP) is 3.42. The van der Waals surface area contributed by atoms with E-state index in [1.807, 2.05) is 31.2 Å². The second-order valence-corrected chi connectivity index (χ2v) is 3.92. The molecular formula is C15H14N2O. The third-order valence-electron chi connectivity index (χ3n) is 2.77. The van der Waals surface area contributed by atoms with Crippen LogP contribution in [-0.4, -0.2) is 11.7 Å². The van der Waals surface area contributed by atoms with Crippen LogP contribution < -0.4 is 4.90 Å². The highest BCUT2D eigenvalue weighted by atomic mass is 16.3. The number of benzene rings is 2. The van der Waals surface area contributed by atoms with Gasteiger partial charge in [0.25, 0.3) is 0 Å². The molecule has 3 nitrogen and oxygen atoms in total. The van der Waals surface area contributed by atoms with Crippen LogP contribution in [0.4, 0.5) is 11.4 Å². The fourth-order valence-electron chi connectivity index (χ4n) is 1.89. The Hall–Kier alpha value is -2.47. The van der Waals surface area contributed by atoms with Crippen molar-refractivity contribution in [2.45, 2.75) is 6.92 Å². The van der Waals surface area contributed by atoms with E-state index in [4.69, 9.17) is 5.26 Å². The van der Waals surface area contributed by atoms with Gasteiger partial charge in [-0.25, -0.2) is 0 Å². The number of rotatable bonds is 3. The van der Waals surface area contributed by atoms with Crippen molar-refractivity contribution in [2.75, 3.05) is 11.4 Å². The minimum atomic E-state index is 0.250. The number of aromatic hydroxyl groups is 1. The first-order chi connectivity index (χ1) is 8.74. The summed E-state index contributed by atoms with van der Waals surface area (Å²) in [7, 11) is 0. The standard InChI is InChI=1S/C15H14N2O/c1-2-17(14-4-3-5-15(18)10-14)13-8-6-12(11-16)7-9-13/h3-10,18H,2H2,1H3. The van der Waals surface area contributed by atoms with Gasteiger partial charge in [0.1, 0.15) is 5.75 Å². The van der Waals surface area contributed by atoms with Crippen molar-refractivity contribution in [1.29, 1.82) is 5.26 Å². The molecule has 0 spiro atoms. The second-order valence-electron chi connectivity index (χ2n) is 3.92. The van der Waals surface area contributed by atoms with Gasteiger partial charge in [0.05, 0.1) is 11.6 Å². The van der Waals surface area contributed by atoms with Crippen LogP contribution >= 0.6 is 0 Å². The van der Waals surface area contributed by atoms with Crippen LogP contribution in [0.3, 0.4) is 0 Å². The van der Waals surface area contributed by atoms with Gasteiger partial charge in [-0.2, -0.15) is 5.26 Å². The zero-order valence-corrected chi connectivity index (χ0v) is 10.2. The number of hydrogen-bond acceptors (Lipinski definition) is 3. The summed E-state index contributed by atoms with van der Waals surface area (Å²) in [6.45, 7) is 2.83. The molecule has 18 heavy (non-hydrogen) atoms. The van der Waals surface area contributed by atoms with Gasteiger partial charge in [-0.1, -0.05) is 6.07 Å². The number of nitriles is 1. The van der Waals surface area contributed by atoms with Crippen molar-refractivity contribution in [3.8, 4) is 11.8 Å². The second kappa shape index (κ2) is 5.24. The van der Waals surface area contributed by atoms with Gasteiger partial charge in [0.2, 0.25) is 0 Å². The molecule has 0 heterocycles. The van der Waals surface area contributed by atoms with Crippen LogP contribution in [0.1, 0.15) is 12.5 Å². The SMILES string of the molecule is CCN(c1ccc(C#N)cc1)c1cccc(O)c1. The zero-order chi connectivity index (χ0) is 13.0. The van der Waals surface area contributed by atoms with E-state index < -0.39 is 0 Å². The van der Waals surface area contributed by atoms with Crippen LogP contribution in [0, 0.1) is 11.3 Å². The molecule has 0 fully saturated rings. The van der Waals surface area contributed by atoms with Crippen molar-refractivity contribution < 1.29 is 5.11 Å². The smallest absolute Gasteiger partial charge is 0.117 e. The Balaban J connectivity index is 2.36. The van der Waals surface area contributed by atoms with Crippen LogP contribution in [-0.2, 0) is 0 Å². The lowest BCUT2D eigenvalue weighted by molar-refractivity contribution is 0.475. The molecule has 3 heteroatoms. The van der Waals surface area contributed by atoms with Crippen LogP contribution in [0.2, 0.25) is 0 Å². The Morgan fingerprint density at radius 1 is 1.11 bits per heavy atom. The first kappa shape index (κ1) is 12.0. The molecule has 0 aliphatic heterocycles. The van der Waals surface area contributed by atoms with Crippen LogP contribution in [0.5, 0.6) is 5.75 Å². The molecule has 2 aromatic carbocycles. The predicted molar refractivity (Wildman–Crippen MR) is 71.9 cm³/mol. The van der Waals surface area contributed by atoms with E-state index in [1.54, 1.807) is 24.3 Å². The molecule has 1 N–H and O–H groups in total. The molecule has 0 aliphatic carbocycles.